The summed E-state index contributed by atoms with van der Waals surface area (Å²) in [7, 11) is 1.66. The maximum absolute atomic E-state index is 5.62. The number of hydrogen-bond acceptors (Lipinski definition) is 5. The molecule has 2 aromatic rings. The number of fused-ring (bicyclic) bond motifs is 1. The largest absolute Gasteiger partial charge is 0.494 e. The molecule has 29 heavy (non-hydrogen) atoms. The van der Waals surface area contributed by atoms with Gasteiger partial charge in [0.2, 0.25) is 0 Å². The van der Waals surface area contributed by atoms with Gasteiger partial charge in [-0.2, -0.15) is 5.10 Å². The number of aromatic nitrogens is 3. The van der Waals surface area contributed by atoms with Crippen LogP contribution in [0.5, 0.6) is 5.75 Å². The zero-order valence-electron chi connectivity index (χ0n) is 17.9. The Labute approximate surface area is 172 Å². The molecule has 0 spiro atoms. The van der Waals surface area contributed by atoms with E-state index in [-0.39, 0.29) is 6.04 Å². The van der Waals surface area contributed by atoms with Crippen LogP contribution < -0.4 is 15.4 Å². The SMILES string of the molecule is CCNC(=NCc1ccc(OCC)c(C)c1)NC1CCc2nc(COC)nn2C1. The standard InChI is InChI=1S/C21H32N6O2/c1-5-22-21(23-12-16-7-9-18(29-6-2)15(3)11-16)24-17-8-10-20-25-19(14-28-4)26-27(20)13-17/h7,9,11,17H,5-6,8,10,12-14H2,1-4H3,(H2,22,23,24). The van der Waals surface area contributed by atoms with Crippen LogP contribution in [-0.4, -0.2) is 47.0 Å². The number of guanidine groups is 1. The van der Waals surface area contributed by atoms with Crippen molar-refractivity contribution in [3.8, 4) is 5.75 Å². The lowest BCUT2D eigenvalue weighted by Crippen LogP contribution is -2.47. The topological polar surface area (TPSA) is 85.6 Å². The molecule has 0 radical (unpaired) electrons. The first-order valence-electron chi connectivity index (χ1n) is 10.3. The van der Waals surface area contributed by atoms with E-state index in [4.69, 9.17) is 14.5 Å². The van der Waals surface area contributed by atoms with Crippen molar-refractivity contribution in [3.05, 3.63) is 41.0 Å². The third kappa shape index (κ3) is 5.69. The highest BCUT2D eigenvalue weighted by molar-refractivity contribution is 5.80. The van der Waals surface area contributed by atoms with Gasteiger partial charge in [-0.1, -0.05) is 12.1 Å². The summed E-state index contributed by atoms with van der Waals surface area (Å²) in [6, 6.07) is 6.50. The molecular formula is C21H32N6O2. The molecule has 0 amide bonds. The van der Waals surface area contributed by atoms with Crippen molar-refractivity contribution in [2.75, 3.05) is 20.3 Å². The molecule has 2 N–H and O–H groups in total. The fraction of sp³-hybridized carbons (Fsp3) is 0.571. The van der Waals surface area contributed by atoms with Gasteiger partial charge in [-0.25, -0.2) is 14.7 Å². The average Bonchev–Trinajstić information content (AvgIpc) is 3.10. The number of nitrogens with zero attached hydrogens (tertiary/aromatic N) is 4. The monoisotopic (exact) mass is 400 g/mol. The summed E-state index contributed by atoms with van der Waals surface area (Å²) in [6.45, 7) is 9.47. The molecule has 158 valence electrons. The number of ether oxygens (including phenoxy) is 2. The summed E-state index contributed by atoms with van der Waals surface area (Å²) in [5, 5.41) is 11.4. The summed E-state index contributed by atoms with van der Waals surface area (Å²) in [5.41, 5.74) is 2.30. The Hall–Kier alpha value is -2.61. The van der Waals surface area contributed by atoms with Crippen molar-refractivity contribution >= 4 is 5.96 Å². The molecule has 0 bridgehead atoms. The van der Waals surface area contributed by atoms with Gasteiger partial charge in [0.25, 0.3) is 0 Å². The molecule has 8 heteroatoms. The maximum Gasteiger partial charge on any atom is 0.191 e. The van der Waals surface area contributed by atoms with Crippen LogP contribution in [0.3, 0.4) is 0 Å². The van der Waals surface area contributed by atoms with E-state index in [0.717, 1.165) is 60.4 Å². The Morgan fingerprint density at radius 3 is 2.93 bits per heavy atom. The smallest absolute Gasteiger partial charge is 0.191 e. The van der Waals surface area contributed by atoms with E-state index in [1.54, 1.807) is 7.11 Å². The second-order valence-corrected chi connectivity index (χ2v) is 7.17. The van der Waals surface area contributed by atoms with Crippen LogP contribution in [0, 0.1) is 6.92 Å². The summed E-state index contributed by atoms with van der Waals surface area (Å²) < 4.78 is 12.7. The van der Waals surface area contributed by atoms with Crippen molar-refractivity contribution in [3.63, 3.8) is 0 Å². The van der Waals surface area contributed by atoms with Crippen LogP contribution in [0.25, 0.3) is 0 Å². The van der Waals surface area contributed by atoms with E-state index in [2.05, 4.69) is 46.7 Å². The van der Waals surface area contributed by atoms with Crippen molar-refractivity contribution in [1.29, 1.82) is 0 Å². The summed E-state index contributed by atoms with van der Waals surface area (Å²) in [4.78, 5) is 9.31. The lowest BCUT2D eigenvalue weighted by atomic mass is 10.1. The molecule has 0 saturated heterocycles. The highest BCUT2D eigenvalue weighted by atomic mass is 16.5. The third-order valence-corrected chi connectivity index (χ3v) is 4.82. The zero-order chi connectivity index (χ0) is 20.6. The highest BCUT2D eigenvalue weighted by Gasteiger charge is 2.22. The maximum atomic E-state index is 5.62. The van der Waals surface area contributed by atoms with Crippen LogP contribution in [0.4, 0.5) is 0 Å². The highest BCUT2D eigenvalue weighted by Crippen LogP contribution is 2.19. The minimum absolute atomic E-state index is 0.263. The molecule has 0 fully saturated rings. The molecule has 1 atom stereocenters. The number of aliphatic imine (C=N–C) groups is 1. The van der Waals surface area contributed by atoms with E-state index >= 15 is 0 Å². The van der Waals surface area contributed by atoms with Gasteiger partial charge in [-0.15, -0.1) is 0 Å². The Kier molecular flexibility index (Phi) is 7.46. The van der Waals surface area contributed by atoms with Crippen LogP contribution >= 0.6 is 0 Å². The van der Waals surface area contributed by atoms with Crippen LogP contribution in [0.2, 0.25) is 0 Å². The predicted molar refractivity (Wildman–Crippen MR) is 113 cm³/mol. The number of benzene rings is 1. The van der Waals surface area contributed by atoms with Crippen molar-refractivity contribution < 1.29 is 9.47 Å². The molecule has 8 nitrogen and oxygen atoms in total. The number of hydrogen-bond donors (Lipinski definition) is 2. The van der Waals surface area contributed by atoms with Crippen molar-refractivity contribution in [2.45, 2.75) is 59.4 Å². The molecule has 1 aromatic heterocycles. The Morgan fingerprint density at radius 2 is 2.21 bits per heavy atom. The van der Waals surface area contributed by atoms with Gasteiger partial charge in [0.1, 0.15) is 18.2 Å². The molecule has 3 rings (SSSR count). The normalized spacial score (nSPS) is 16.4. The number of aryl methyl sites for hydroxylation is 2. The molecule has 1 aliphatic rings. The molecule has 0 aliphatic carbocycles. The molecule has 2 heterocycles. The second-order valence-electron chi connectivity index (χ2n) is 7.17. The minimum Gasteiger partial charge on any atom is -0.494 e. The molecule has 1 aromatic carbocycles. The van der Waals surface area contributed by atoms with Crippen LogP contribution in [0.15, 0.2) is 23.2 Å². The van der Waals surface area contributed by atoms with Gasteiger partial charge in [-0.3, -0.25) is 0 Å². The Morgan fingerprint density at radius 1 is 1.34 bits per heavy atom. The lowest BCUT2D eigenvalue weighted by molar-refractivity contribution is 0.177. The van der Waals surface area contributed by atoms with E-state index in [9.17, 15) is 0 Å². The number of nitrogens with one attached hydrogen (secondary N) is 2. The predicted octanol–water partition coefficient (Wildman–Crippen LogP) is 2.20. The van der Waals surface area contributed by atoms with Gasteiger partial charge in [0.15, 0.2) is 11.8 Å². The van der Waals surface area contributed by atoms with Gasteiger partial charge in [-0.05, 0) is 44.4 Å². The summed E-state index contributed by atoms with van der Waals surface area (Å²) >= 11 is 0. The first-order valence-corrected chi connectivity index (χ1v) is 10.3. The summed E-state index contributed by atoms with van der Waals surface area (Å²) in [6.07, 6.45) is 1.89. The van der Waals surface area contributed by atoms with E-state index in [0.29, 0.717) is 19.8 Å². The van der Waals surface area contributed by atoms with Crippen molar-refractivity contribution in [1.82, 2.24) is 25.4 Å². The first kappa shape index (κ1) is 21.1. The van der Waals surface area contributed by atoms with Gasteiger partial charge >= 0.3 is 0 Å². The first-order chi connectivity index (χ1) is 14.1. The summed E-state index contributed by atoms with van der Waals surface area (Å²) in [5.74, 6) is 3.53. The van der Waals surface area contributed by atoms with E-state index in [1.165, 1.54) is 0 Å². The van der Waals surface area contributed by atoms with E-state index in [1.807, 2.05) is 17.7 Å². The molecule has 1 aliphatic heterocycles. The van der Waals surface area contributed by atoms with Gasteiger partial charge < -0.3 is 20.1 Å². The molecular weight excluding hydrogens is 368 g/mol. The quantitative estimate of drug-likeness (QED) is 0.522. The number of rotatable bonds is 8. The van der Waals surface area contributed by atoms with Crippen LogP contribution in [0.1, 0.15) is 43.0 Å². The van der Waals surface area contributed by atoms with Crippen LogP contribution in [-0.2, 0) is 30.9 Å². The van der Waals surface area contributed by atoms with Crippen molar-refractivity contribution in [2.24, 2.45) is 4.99 Å². The Bertz CT molecular complexity index is 833. The van der Waals surface area contributed by atoms with Gasteiger partial charge in [0, 0.05) is 26.1 Å². The second kappa shape index (κ2) is 10.2. The Balaban J connectivity index is 1.63. The molecule has 0 saturated carbocycles. The average molecular weight is 401 g/mol. The zero-order valence-corrected chi connectivity index (χ0v) is 17.9. The fourth-order valence-electron chi connectivity index (χ4n) is 3.48. The fourth-order valence-corrected chi connectivity index (χ4v) is 3.48. The van der Waals surface area contributed by atoms with E-state index < -0.39 is 0 Å². The van der Waals surface area contributed by atoms with Gasteiger partial charge in [0.05, 0.1) is 19.7 Å². The lowest BCUT2D eigenvalue weighted by Gasteiger charge is -2.25. The number of methoxy groups -OCH3 is 1. The minimum atomic E-state index is 0.263. The third-order valence-electron chi connectivity index (χ3n) is 4.82. The molecule has 1 unspecified atom stereocenters.